The van der Waals surface area contributed by atoms with Gasteiger partial charge in [0.15, 0.2) is 0 Å². The van der Waals surface area contributed by atoms with Crippen LogP contribution in [-0.4, -0.2) is 19.3 Å². The molecule has 4 nitrogen and oxygen atoms in total. The van der Waals surface area contributed by atoms with Crippen LogP contribution in [0.4, 0.5) is 0 Å². The lowest BCUT2D eigenvalue weighted by molar-refractivity contribution is -0.0783. The van der Waals surface area contributed by atoms with Gasteiger partial charge in [0.05, 0.1) is 18.8 Å². The number of rotatable bonds is 6. The fraction of sp³-hybridized carbons (Fsp3) is 0.647. The molecule has 1 fully saturated rings. The van der Waals surface area contributed by atoms with Crippen LogP contribution in [-0.2, 0) is 4.74 Å². The van der Waals surface area contributed by atoms with Crippen molar-refractivity contribution in [3.8, 4) is 5.75 Å². The SMILES string of the molecule is CCOC1(C(NN)c2ccc(OC)cc2)CCCCCC1. The van der Waals surface area contributed by atoms with Crippen LogP contribution in [0.2, 0.25) is 0 Å². The molecule has 1 aromatic rings. The zero-order valence-electron chi connectivity index (χ0n) is 13.2. The molecule has 0 heterocycles. The van der Waals surface area contributed by atoms with E-state index in [2.05, 4.69) is 24.5 Å². The summed E-state index contributed by atoms with van der Waals surface area (Å²) in [5.74, 6) is 6.77. The zero-order valence-corrected chi connectivity index (χ0v) is 13.2. The van der Waals surface area contributed by atoms with Crippen molar-refractivity contribution in [3.63, 3.8) is 0 Å². The van der Waals surface area contributed by atoms with Crippen molar-refractivity contribution < 1.29 is 9.47 Å². The van der Waals surface area contributed by atoms with Gasteiger partial charge in [0.2, 0.25) is 0 Å². The van der Waals surface area contributed by atoms with Gasteiger partial charge in [-0.1, -0.05) is 37.8 Å². The molecule has 1 aliphatic carbocycles. The normalized spacial score (nSPS) is 19.8. The van der Waals surface area contributed by atoms with Gasteiger partial charge in [0.25, 0.3) is 0 Å². The molecule has 4 heteroatoms. The van der Waals surface area contributed by atoms with E-state index in [0.717, 1.165) is 24.2 Å². The van der Waals surface area contributed by atoms with E-state index in [9.17, 15) is 0 Å². The minimum Gasteiger partial charge on any atom is -0.497 e. The summed E-state index contributed by atoms with van der Waals surface area (Å²) in [4.78, 5) is 0. The highest BCUT2D eigenvalue weighted by atomic mass is 16.5. The molecule has 3 N–H and O–H groups in total. The monoisotopic (exact) mass is 292 g/mol. The summed E-state index contributed by atoms with van der Waals surface area (Å²) in [6.07, 6.45) is 7.09. The number of hydrazine groups is 1. The lowest BCUT2D eigenvalue weighted by Crippen LogP contribution is -2.48. The Morgan fingerprint density at radius 2 is 1.76 bits per heavy atom. The van der Waals surface area contributed by atoms with E-state index in [0.29, 0.717) is 6.61 Å². The number of hydrogen-bond donors (Lipinski definition) is 2. The van der Waals surface area contributed by atoms with Gasteiger partial charge >= 0.3 is 0 Å². The molecule has 0 spiro atoms. The first-order chi connectivity index (χ1) is 10.3. The first-order valence-electron chi connectivity index (χ1n) is 8.00. The van der Waals surface area contributed by atoms with E-state index in [1.807, 2.05) is 12.1 Å². The number of nitrogens with one attached hydrogen (secondary N) is 1. The number of benzene rings is 1. The molecule has 21 heavy (non-hydrogen) atoms. The predicted octanol–water partition coefficient (Wildman–Crippen LogP) is 3.33. The molecule has 2 rings (SSSR count). The van der Waals surface area contributed by atoms with E-state index in [4.69, 9.17) is 15.3 Å². The number of methoxy groups -OCH3 is 1. The maximum Gasteiger partial charge on any atom is 0.118 e. The first kappa shape index (κ1) is 16.3. The zero-order chi connectivity index (χ0) is 15.1. The molecule has 0 bridgehead atoms. The van der Waals surface area contributed by atoms with Gasteiger partial charge in [0, 0.05) is 6.61 Å². The molecule has 0 amide bonds. The second-order valence-electron chi connectivity index (χ2n) is 5.78. The van der Waals surface area contributed by atoms with Gasteiger partial charge in [-0.25, -0.2) is 0 Å². The summed E-state index contributed by atoms with van der Waals surface area (Å²) in [5.41, 5.74) is 3.97. The van der Waals surface area contributed by atoms with Crippen molar-refractivity contribution in [1.29, 1.82) is 0 Å². The minimum atomic E-state index is -0.200. The Morgan fingerprint density at radius 1 is 1.14 bits per heavy atom. The summed E-state index contributed by atoms with van der Waals surface area (Å²) in [5, 5.41) is 0. The van der Waals surface area contributed by atoms with Crippen LogP contribution < -0.4 is 16.0 Å². The van der Waals surface area contributed by atoms with Crippen molar-refractivity contribution in [1.82, 2.24) is 5.43 Å². The third-order valence-electron chi connectivity index (χ3n) is 4.52. The average Bonchev–Trinajstić information content (AvgIpc) is 2.75. The Morgan fingerprint density at radius 3 is 2.24 bits per heavy atom. The fourth-order valence-electron chi connectivity index (χ4n) is 3.48. The average molecular weight is 292 g/mol. The topological polar surface area (TPSA) is 56.5 Å². The molecule has 0 saturated heterocycles. The Balaban J connectivity index is 2.28. The summed E-state index contributed by atoms with van der Waals surface area (Å²) in [6.45, 7) is 2.78. The second-order valence-corrected chi connectivity index (χ2v) is 5.78. The van der Waals surface area contributed by atoms with Crippen LogP contribution in [0, 0.1) is 0 Å². The molecule has 1 saturated carbocycles. The number of nitrogens with two attached hydrogens (primary N) is 1. The molecule has 0 aliphatic heterocycles. The molecule has 0 aromatic heterocycles. The van der Waals surface area contributed by atoms with Crippen molar-refractivity contribution in [2.24, 2.45) is 5.84 Å². The molecule has 1 unspecified atom stereocenters. The maximum absolute atomic E-state index is 6.24. The number of hydrogen-bond acceptors (Lipinski definition) is 4. The van der Waals surface area contributed by atoms with Crippen molar-refractivity contribution in [2.45, 2.75) is 57.1 Å². The lowest BCUT2D eigenvalue weighted by atomic mass is 9.82. The Bertz CT molecular complexity index is 411. The van der Waals surface area contributed by atoms with Gasteiger partial charge in [-0.3, -0.25) is 11.3 Å². The Hall–Kier alpha value is -1.10. The molecule has 1 aromatic carbocycles. The molecule has 118 valence electrons. The molecular weight excluding hydrogens is 264 g/mol. The largest absolute Gasteiger partial charge is 0.497 e. The Labute approximate surface area is 128 Å². The van der Waals surface area contributed by atoms with E-state index in [1.165, 1.54) is 25.7 Å². The van der Waals surface area contributed by atoms with E-state index in [-0.39, 0.29) is 11.6 Å². The molecule has 1 aliphatic rings. The van der Waals surface area contributed by atoms with Crippen LogP contribution in [0.1, 0.15) is 57.1 Å². The van der Waals surface area contributed by atoms with Crippen LogP contribution in [0.3, 0.4) is 0 Å². The third kappa shape index (κ3) is 3.76. The minimum absolute atomic E-state index is 0.0152. The van der Waals surface area contributed by atoms with Crippen molar-refractivity contribution in [2.75, 3.05) is 13.7 Å². The molecule has 1 atom stereocenters. The summed E-state index contributed by atoms with van der Waals surface area (Å²) in [7, 11) is 1.68. The summed E-state index contributed by atoms with van der Waals surface area (Å²) in [6, 6.07) is 8.14. The summed E-state index contributed by atoms with van der Waals surface area (Å²) >= 11 is 0. The van der Waals surface area contributed by atoms with Gasteiger partial charge in [-0.05, 0) is 37.5 Å². The van der Waals surface area contributed by atoms with Crippen LogP contribution >= 0.6 is 0 Å². The van der Waals surface area contributed by atoms with Crippen LogP contribution in [0.15, 0.2) is 24.3 Å². The van der Waals surface area contributed by atoms with Gasteiger partial charge in [0.1, 0.15) is 5.75 Å². The first-order valence-corrected chi connectivity index (χ1v) is 8.00. The fourth-order valence-corrected chi connectivity index (χ4v) is 3.48. The highest BCUT2D eigenvalue weighted by molar-refractivity contribution is 5.30. The van der Waals surface area contributed by atoms with Gasteiger partial charge in [-0.2, -0.15) is 0 Å². The molecular formula is C17H28N2O2. The standard InChI is InChI=1S/C17H28N2O2/c1-3-21-17(12-6-4-5-7-13-17)16(19-18)14-8-10-15(20-2)11-9-14/h8-11,16,19H,3-7,12-13,18H2,1-2H3. The highest BCUT2D eigenvalue weighted by Gasteiger charge is 2.40. The van der Waals surface area contributed by atoms with Crippen molar-refractivity contribution >= 4 is 0 Å². The smallest absolute Gasteiger partial charge is 0.118 e. The third-order valence-corrected chi connectivity index (χ3v) is 4.52. The van der Waals surface area contributed by atoms with Gasteiger partial charge in [-0.15, -0.1) is 0 Å². The lowest BCUT2D eigenvalue weighted by Gasteiger charge is -2.40. The Kier molecular flexibility index (Phi) is 6.03. The molecule has 0 radical (unpaired) electrons. The van der Waals surface area contributed by atoms with Gasteiger partial charge < -0.3 is 9.47 Å². The second kappa shape index (κ2) is 7.78. The summed E-state index contributed by atoms with van der Waals surface area (Å²) < 4.78 is 11.5. The quantitative estimate of drug-likeness (QED) is 0.480. The predicted molar refractivity (Wildman–Crippen MR) is 85.1 cm³/mol. The number of ether oxygens (including phenoxy) is 2. The van der Waals surface area contributed by atoms with E-state index in [1.54, 1.807) is 7.11 Å². The van der Waals surface area contributed by atoms with Crippen molar-refractivity contribution in [3.05, 3.63) is 29.8 Å². The van der Waals surface area contributed by atoms with E-state index < -0.39 is 0 Å². The maximum atomic E-state index is 6.24. The van der Waals surface area contributed by atoms with E-state index >= 15 is 0 Å². The highest BCUT2D eigenvalue weighted by Crippen LogP contribution is 2.40. The van der Waals surface area contributed by atoms with Crippen LogP contribution in [0.25, 0.3) is 0 Å². The van der Waals surface area contributed by atoms with Crippen LogP contribution in [0.5, 0.6) is 5.75 Å².